The van der Waals surface area contributed by atoms with Gasteiger partial charge >= 0.3 is 0 Å². The SMILES string of the molecule is COCC(O)CCNC(C)c1ccc(Br)cc1Br. The fourth-order valence-electron chi connectivity index (χ4n) is 1.70. The number of aliphatic hydroxyl groups is 1. The molecule has 5 heteroatoms. The van der Waals surface area contributed by atoms with Crippen molar-refractivity contribution in [3.05, 3.63) is 32.7 Å². The molecule has 0 aliphatic rings. The van der Waals surface area contributed by atoms with Crippen LogP contribution < -0.4 is 5.32 Å². The van der Waals surface area contributed by atoms with Crippen LogP contribution in [0.15, 0.2) is 27.1 Å². The van der Waals surface area contributed by atoms with E-state index in [1.165, 1.54) is 5.56 Å². The second kappa shape index (κ2) is 8.27. The lowest BCUT2D eigenvalue weighted by atomic mass is 10.1. The highest BCUT2D eigenvalue weighted by molar-refractivity contribution is 9.11. The predicted octanol–water partition coefficient (Wildman–Crippen LogP) is 3.26. The fourth-order valence-corrected chi connectivity index (χ4v) is 3.10. The number of aliphatic hydroxyl groups excluding tert-OH is 1. The molecule has 2 N–H and O–H groups in total. The third-order valence-electron chi connectivity index (χ3n) is 2.72. The second-order valence-corrected chi connectivity index (χ2v) is 6.01. The first kappa shape index (κ1) is 16.1. The van der Waals surface area contributed by atoms with Gasteiger partial charge in [0.1, 0.15) is 0 Å². The number of hydrogen-bond donors (Lipinski definition) is 2. The molecule has 3 nitrogen and oxygen atoms in total. The Bertz CT molecular complexity index is 374. The van der Waals surface area contributed by atoms with Gasteiger partial charge < -0.3 is 15.2 Å². The van der Waals surface area contributed by atoms with Crippen LogP contribution in [0.25, 0.3) is 0 Å². The Kier molecular flexibility index (Phi) is 7.41. The van der Waals surface area contributed by atoms with E-state index in [1.807, 2.05) is 12.1 Å². The van der Waals surface area contributed by atoms with Crippen LogP contribution in [-0.2, 0) is 4.74 Å². The average molecular weight is 381 g/mol. The van der Waals surface area contributed by atoms with Gasteiger partial charge in [-0.3, -0.25) is 0 Å². The van der Waals surface area contributed by atoms with E-state index in [2.05, 4.69) is 50.2 Å². The Morgan fingerprint density at radius 2 is 2.11 bits per heavy atom. The summed E-state index contributed by atoms with van der Waals surface area (Å²) in [5.41, 5.74) is 1.21. The van der Waals surface area contributed by atoms with Crippen LogP contribution in [0.5, 0.6) is 0 Å². The number of rotatable bonds is 7. The van der Waals surface area contributed by atoms with E-state index < -0.39 is 6.10 Å². The first-order valence-electron chi connectivity index (χ1n) is 5.90. The minimum absolute atomic E-state index is 0.238. The molecule has 0 saturated carbocycles. The number of hydrogen-bond acceptors (Lipinski definition) is 3. The molecule has 0 amide bonds. The van der Waals surface area contributed by atoms with E-state index in [4.69, 9.17) is 4.74 Å². The molecule has 0 bridgehead atoms. The van der Waals surface area contributed by atoms with Crippen molar-refractivity contribution in [2.75, 3.05) is 20.3 Å². The van der Waals surface area contributed by atoms with Gasteiger partial charge in [-0.15, -0.1) is 0 Å². The summed E-state index contributed by atoms with van der Waals surface area (Å²) >= 11 is 6.99. The van der Waals surface area contributed by atoms with E-state index >= 15 is 0 Å². The number of benzene rings is 1. The molecule has 0 aromatic heterocycles. The van der Waals surface area contributed by atoms with Crippen molar-refractivity contribution in [3.8, 4) is 0 Å². The summed E-state index contributed by atoms with van der Waals surface area (Å²) in [7, 11) is 1.60. The number of halogens is 2. The van der Waals surface area contributed by atoms with Crippen molar-refractivity contribution in [2.45, 2.75) is 25.5 Å². The quantitative estimate of drug-likeness (QED) is 0.762. The Morgan fingerprint density at radius 1 is 1.39 bits per heavy atom. The van der Waals surface area contributed by atoms with E-state index in [0.29, 0.717) is 13.0 Å². The normalized spacial score (nSPS) is 14.5. The first-order chi connectivity index (χ1) is 8.54. The van der Waals surface area contributed by atoms with Gasteiger partial charge in [0.15, 0.2) is 0 Å². The summed E-state index contributed by atoms with van der Waals surface area (Å²) in [5.74, 6) is 0. The third kappa shape index (κ3) is 5.36. The molecule has 1 aromatic carbocycles. The molecule has 0 saturated heterocycles. The standard InChI is InChI=1S/C13H19Br2NO2/c1-9(16-6-5-11(17)8-18-2)12-4-3-10(14)7-13(12)15/h3-4,7,9,11,16-17H,5-6,8H2,1-2H3. The lowest BCUT2D eigenvalue weighted by molar-refractivity contribution is 0.0590. The van der Waals surface area contributed by atoms with Gasteiger partial charge in [-0.1, -0.05) is 37.9 Å². The van der Waals surface area contributed by atoms with Crippen LogP contribution in [-0.4, -0.2) is 31.5 Å². The maximum atomic E-state index is 9.54. The Balaban J connectivity index is 2.43. The summed E-state index contributed by atoms with van der Waals surface area (Å²) in [5, 5.41) is 12.9. The fraction of sp³-hybridized carbons (Fsp3) is 0.538. The molecule has 2 atom stereocenters. The van der Waals surface area contributed by atoms with Crippen LogP contribution in [0, 0.1) is 0 Å². The van der Waals surface area contributed by atoms with Crippen molar-refractivity contribution < 1.29 is 9.84 Å². The van der Waals surface area contributed by atoms with Crippen molar-refractivity contribution in [2.24, 2.45) is 0 Å². The zero-order chi connectivity index (χ0) is 13.5. The Hall–Kier alpha value is 0.0600. The topological polar surface area (TPSA) is 41.5 Å². The highest BCUT2D eigenvalue weighted by Gasteiger charge is 2.10. The molecule has 0 spiro atoms. The maximum absolute atomic E-state index is 9.54. The van der Waals surface area contributed by atoms with Crippen LogP contribution >= 0.6 is 31.9 Å². The second-order valence-electron chi connectivity index (χ2n) is 4.24. The monoisotopic (exact) mass is 379 g/mol. The van der Waals surface area contributed by atoms with Gasteiger partial charge in [0.25, 0.3) is 0 Å². The minimum Gasteiger partial charge on any atom is -0.391 e. The molecule has 0 radical (unpaired) electrons. The van der Waals surface area contributed by atoms with Gasteiger partial charge in [-0.05, 0) is 37.6 Å². The minimum atomic E-state index is -0.400. The Labute approximate surface area is 125 Å². The van der Waals surface area contributed by atoms with Gasteiger partial charge in [-0.25, -0.2) is 0 Å². The van der Waals surface area contributed by atoms with Crippen molar-refractivity contribution in [3.63, 3.8) is 0 Å². The van der Waals surface area contributed by atoms with Crippen molar-refractivity contribution in [1.29, 1.82) is 0 Å². The summed E-state index contributed by atoms with van der Waals surface area (Å²) in [6, 6.07) is 6.38. The van der Waals surface area contributed by atoms with Crippen LogP contribution in [0.2, 0.25) is 0 Å². The van der Waals surface area contributed by atoms with Gasteiger partial charge in [-0.2, -0.15) is 0 Å². The molecule has 0 aliphatic carbocycles. The molecule has 0 fully saturated rings. The van der Waals surface area contributed by atoms with E-state index in [1.54, 1.807) is 7.11 Å². The van der Waals surface area contributed by atoms with Crippen LogP contribution in [0.4, 0.5) is 0 Å². The molecule has 2 unspecified atom stereocenters. The molecular formula is C13H19Br2NO2. The molecule has 1 aromatic rings. The average Bonchev–Trinajstić information content (AvgIpc) is 2.29. The largest absolute Gasteiger partial charge is 0.391 e. The van der Waals surface area contributed by atoms with E-state index in [9.17, 15) is 5.11 Å². The van der Waals surface area contributed by atoms with Crippen molar-refractivity contribution in [1.82, 2.24) is 5.32 Å². The highest BCUT2D eigenvalue weighted by atomic mass is 79.9. The lowest BCUT2D eigenvalue weighted by Crippen LogP contribution is -2.25. The van der Waals surface area contributed by atoms with E-state index in [0.717, 1.165) is 15.5 Å². The van der Waals surface area contributed by atoms with Crippen molar-refractivity contribution >= 4 is 31.9 Å². The zero-order valence-electron chi connectivity index (χ0n) is 10.6. The zero-order valence-corrected chi connectivity index (χ0v) is 13.8. The third-order valence-corrected chi connectivity index (χ3v) is 3.90. The van der Waals surface area contributed by atoms with E-state index in [-0.39, 0.29) is 6.04 Å². The number of methoxy groups -OCH3 is 1. The lowest BCUT2D eigenvalue weighted by Gasteiger charge is -2.17. The summed E-state index contributed by atoms with van der Waals surface area (Å²) in [6.07, 6.45) is 0.287. The molecule has 18 heavy (non-hydrogen) atoms. The smallest absolute Gasteiger partial charge is 0.0785 e. The summed E-state index contributed by atoms with van der Waals surface area (Å²) in [4.78, 5) is 0. The maximum Gasteiger partial charge on any atom is 0.0785 e. The van der Waals surface area contributed by atoms with Crippen LogP contribution in [0.3, 0.4) is 0 Å². The van der Waals surface area contributed by atoms with Gasteiger partial charge in [0.2, 0.25) is 0 Å². The summed E-state index contributed by atoms with van der Waals surface area (Å²) in [6.45, 7) is 3.25. The molecule has 0 aliphatic heterocycles. The molecule has 0 heterocycles. The number of nitrogens with one attached hydrogen (secondary N) is 1. The number of ether oxygens (including phenoxy) is 1. The molecule has 1 rings (SSSR count). The highest BCUT2D eigenvalue weighted by Crippen LogP contribution is 2.26. The van der Waals surface area contributed by atoms with Gasteiger partial charge in [0, 0.05) is 22.1 Å². The predicted molar refractivity (Wildman–Crippen MR) is 80.8 cm³/mol. The first-order valence-corrected chi connectivity index (χ1v) is 7.48. The molecule has 102 valence electrons. The van der Waals surface area contributed by atoms with Crippen LogP contribution in [0.1, 0.15) is 24.9 Å². The summed E-state index contributed by atoms with van der Waals surface area (Å²) < 4.78 is 7.02. The van der Waals surface area contributed by atoms with Gasteiger partial charge in [0.05, 0.1) is 12.7 Å². The molecular weight excluding hydrogens is 362 g/mol. The Morgan fingerprint density at radius 3 is 2.72 bits per heavy atom.